The summed E-state index contributed by atoms with van der Waals surface area (Å²) in [5.74, 6) is 2.07. The maximum atomic E-state index is 11.8. The van der Waals surface area contributed by atoms with E-state index >= 15 is 0 Å². The van der Waals surface area contributed by atoms with Gasteiger partial charge in [-0.1, -0.05) is 41.4 Å². The normalized spacial score (nSPS) is 10.4. The Balaban J connectivity index is 0.00000363. The van der Waals surface area contributed by atoms with Gasteiger partial charge in [-0.15, -0.1) is 11.8 Å². The maximum absolute atomic E-state index is 11.8. The van der Waals surface area contributed by atoms with Crippen LogP contribution in [-0.2, 0) is 23.4 Å². The molecule has 0 spiro atoms. The van der Waals surface area contributed by atoms with Crippen LogP contribution in [0.25, 0.3) is 0 Å². The van der Waals surface area contributed by atoms with Gasteiger partial charge in [0, 0.05) is 46.6 Å². The fourth-order valence-electron chi connectivity index (χ4n) is 2.95. The summed E-state index contributed by atoms with van der Waals surface area (Å²) in [6.07, 6.45) is 0.968. The molecule has 0 fully saturated rings. The molecule has 1 heterocycles. The second kappa shape index (κ2) is 13.5. The van der Waals surface area contributed by atoms with E-state index in [2.05, 4.69) is 4.98 Å². The Kier molecular flexibility index (Phi) is 11.4. The average Bonchev–Trinajstić information content (AvgIpc) is 2.75. The zero-order chi connectivity index (χ0) is 22.2. The summed E-state index contributed by atoms with van der Waals surface area (Å²) in [5, 5.41) is 1.22. The first kappa shape index (κ1) is 27.0. The Morgan fingerprint density at radius 3 is 2.34 bits per heavy atom. The topological polar surface area (TPSA) is 48.4 Å². The van der Waals surface area contributed by atoms with Gasteiger partial charge in [0.25, 0.3) is 0 Å². The molecule has 163 valence electrons. The second-order valence-electron chi connectivity index (χ2n) is 6.91. The Bertz CT molecular complexity index is 1030. The van der Waals surface area contributed by atoms with E-state index in [1.807, 2.05) is 54.6 Å². The third-order valence-electron chi connectivity index (χ3n) is 4.50. The molecule has 2 aromatic carbocycles. The number of methoxy groups -OCH3 is 1. The summed E-state index contributed by atoms with van der Waals surface area (Å²) >= 11 is 14.0. The molecule has 0 aliphatic carbocycles. The monoisotopic (exact) mass is 498 g/mol. The van der Waals surface area contributed by atoms with Crippen molar-refractivity contribution >= 4 is 70.3 Å². The fourth-order valence-corrected chi connectivity index (χ4v) is 4.54. The Labute approximate surface area is 225 Å². The minimum atomic E-state index is 0. The summed E-state index contributed by atoms with van der Waals surface area (Å²) in [5.41, 5.74) is 2.62. The molecule has 8 heteroatoms. The number of hydrogen-bond donors (Lipinski definition) is 0. The largest absolute Gasteiger partial charge is 0.497 e. The van der Waals surface area contributed by atoms with Crippen molar-refractivity contribution in [3.63, 3.8) is 0 Å². The summed E-state index contributed by atoms with van der Waals surface area (Å²) < 4.78 is 11.1. The van der Waals surface area contributed by atoms with E-state index in [4.69, 9.17) is 32.7 Å². The van der Waals surface area contributed by atoms with Crippen LogP contribution in [0.4, 0.5) is 0 Å². The van der Waals surface area contributed by atoms with Crippen molar-refractivity contribution in [2.45, 2.75) is 30.4 Å². The van der Waals surface area contributed by atoms with Crippen LogP contribution in [0.5, 0.6) is 11.5 Å². The molecule has 0 aliphatic rings. The quantitative estimate of drug-likeness (QED) is 0.251. The van der Waals surface area contributed by atoms with Crippen molar-refractivity contribution in [3.05, 3.63) is 81.6 Å². The molecule has 4 nitrogen and oxygen atoms in total. The van der Waals surface area contributed by atoms with Crippen LogP contribution < -0.4 is 9.47 Å². The van der Waals surface area contributed by atoms with Gasteiger partial charge in [-0.2, -0.15) is 0 Å². The van der Waals surface area contributed by atoms with E-state index in [-0.39, 0.29) is 41.8 Å². The molecule has 3 aromatic rings. The molecule has 32 heavy (non-hydrogen) atoms. The van der Waals surface area contributed by atoms with Gasteiger partial charge in [0.05, 0.1) is 41.6 Å². The molecule has 0 bridgehead atoms. The molecular formula is C24H23Cl2NNaO3S. The molecule has 1 radical (unpaired) electrons. The van der Waals surface area contributed by atoms with Gasteiger partial charge >= 0.3 is 0 Å². The minimum absolute atomic E-state index is 0. The number of carbonyl (C=O) groups excluding carboxylic acids is 1. The first-order valence-corrected chi connectivity index (χ1v) is 11.5. The predicted octanol–water partition coefficient (Wildman–Crippen LogP) is 6.06. The van der Waals surface area contributed by atoms with Gasteiger partial charge in [-0.05, 0) is 48.9 Å². The number of aromatic nitrogens is 1. The van der Waals surface area contributed by atoms with Crippen LogP contribution in [0.1, 0.15) is 23.9 Å². The molecular weight excluding hydrogens is 476 g/mol. The van der Waals surface area contributed by atoms with Gasteiger partial charge < -0.3 is 9.47 Å². The van der Waals surface area contributed by atoms with Crippen LogP contribution >= 0.6 is 35.0 Å². The van der Waals surface area contributed by atoms with E-state index in [1.165, 1.54) is 11.8 Å². The first-order valence-electron chi connectivity index (χ1n) is 9.77. The summed E-state index contributed by atoms with van der Waals surface area (Å²) in [7, 11) is 1.65. The Morgan fingerprint density at radius 2 is 1.72 bits per heavy atom. The molecule has 0 saturated heterocycles. The molecule has 0 atom stereocenters. The molecule has 0 aliphatic heterocycles. The standard InChI is InChI=1S/C24H23Cl2NO3S.Na/c1-16(28)14-22-23(30-13-12-17-6-9-19(29-2)10-7-17)11-8-18(27-22)15-31-24-20(25)4-3-5-21(24)26;/h3-11H,12-15H2,1-2H3;. The summed E-state index contributed by atoms with van der Waals surface area (Å²) in [6, 6.07) is 17.1. The zero-order valence-electron chi connectivity index (χ0n) is 18.4. The number of nitrogens with zero attached hydrogens (tertiary/aromatic N) is 1. The fraction of sp³-hybridized carbons (Fsp3) is 0.250. The third-order valence-corrected chi connectivity index (χ3v) is 6.52. The molecule has 0 amide bonds. The van der Waals surface area contributed by atoms with Gasteiger partial charge in [-0.25, -0.2) is 0 Å². The summed E-state index contributed by atoms with van der Waals surface area (Å²) in [4.78, 5) is 17.2. The summed E-state index contributed by atoms with van der Waals surface area (Å²) in [6.45, 7) is 2.04. The van der Waals surface area contributed by atoms with Gasteiger partial charge in [0.1, 0.15) is 17.3 Å². The van der Waals surface area contributed by atoms with Gasteiger partial charge in [-0.3, -0.25) is 9.78 Å². The number of thioether (sulfide) groups is 1. The van der Waals surface area contributed by atoms with Crippen LogP contribution in [0.3, 0.4) is 0 Å². The zero-order valence-corrected chi connectivity index (χ0v) is 22.7. The average molecular weight is 499 g/mol. The number of ether oxygens (including phenoxy) is 2. The number of ketones is 1. The van der Waals surface area contributed by atoms with Crippen molar-refractivity contribution in [1.82, 2.24) is 4.98 Å². The van der Waals surface area contributed by atoms with E-state index in [1.54, 1.807) is 14.0 Å². The van der Waals surface area contributed by atoms with Crippen molar-refractivity contribution in [1.29, 1.82) is 0 Å². The van der Waals surface area contributed by atoms with Crippen LogP contribution in [0, 0.1) is 0 Å². The van der Waals surface area contributed by atoms with Gasteiger partial charge in [0.2, 0.25) is 0 Å². The van der Waals surface area contributed by atoms with E-state index in [0.717, 1.165) is 28.3 Å². The number of Topliss-reactive ketones (excluding diaryl/α,β-unsaturated/α-hetero) is 1. The van der Waals surface area contributed by atoms with E-state index < -0.39 is 0 Å². The van der Waals surface area contributed by atoms with Crippen molar-refractivity contribution < 1.29 is 14.3 Å². The van der Waals surface area contributed by atoms with E-state index in [0.29, 0.717) is 33.8 Å². The number of rotatable bonds is 10. The molecule has 0 N–H and O–H groups in total. The van der Waals surface area contributed by atoms with Crippen LogP contribution in [0.2, 0.25) is 10.0 Å². The molecule has 3 rings (SSSR count). The van der Waals surface area contributed by atoms with E-state index in [9.17, 15) is 4.79 Å². The minimum Gasteiger partial charge on any atom is -0.497 e. The number of benzene rings is 2. The number of pyridine rings is 1. The maximum Gasteiger partial charge on any atom is 0.141 e. The third kappa shape index (κ3) is 7.98. The SMILES string of the molecule is COc1ccc(CCOc2ccc(CSc3c(Cl)cccc3Cl)nc2CC(C)=O)cc1.[Na]. The van der Waals surface area contributed by atoms with Gasteiger partial charge in [0.15, 0.2) is 0 Å². The predicted molar refractivity (Wildman–Crippen MR) is 133 cm³/mol. The number of hydrogen-bond acceptors (Lipinski definition) is 5. The van der Waals surface area contributed by atoms with Crippen molar-refractivity contribution in [3.8, 4) is 11.5 Å². The van der Waals surface area contributed by atoms with Crippen LogP contribution in [0.15, 0.2) is 59.5 Å². The Morgan fingerprint density at radius 1 is 1.03 bits per heavy atom. The van der Waals surface area contributed by atoms with Crippen LogP contribution in [-0.4, -0.2) is 54.0 Å². The first-order chi connectivity index (χ1) is 15.0. The van der Waals surface area contributed by atoms with Crippen molar-refractivity contribution in [2.24, 2.45) is 0 Å². The molecule has 1 aromatic heterocycles. The number of carbonyl (C=O) groups is 1. The number of halogens is 2. The second-order valence-corrected chi connectivity index (χ2v) is 8.71. The van der Waals surface area contributed by atoms with Crippen molar-refractivity contribution in [2.75, 3.05) is 13.7 Å². The Hall–Kier alpha value is -1.21. The smallest absolute Gasteiger partial charge is 0.141 e. The molecule has 0 unspecified atom stereocenters. The molecule has 0 saturated carbocycles.